The molecule has 7 heteroatoms. The van der Waals surface area contributed by atoms with Gasteiger partial charge in [0.25, 0.3) is 0 Å². The number of urea groups is 1. The Balaban J connectivity index is 1.93. The highest BCUT2D eigenvalue weighted by Gasteiger charge is 2.38. The zero-order valence-electron chi connectivity index (χ0n) is 9.57. The molecule has 7 nitrogen and oxygen atoms in total. The molecule has 3 N–H and O–H groups in total. The second-order valence-corrected chi connectivity index (χ2v) is 4.13. The molecule has 0 aliphatic carbocycles. The predicted molar refractivity (Wildman–Crippen MR) is 59.7 cm³/mol. The molecule has 1 aliphatic rings. The summed E-state index contributed by atoms with van der Waals surface area (Å²) in [7, 11) is 0. The van der Waals surface area contributed by atoms with Gasteiger partial charge in [-0.25, -0.2) is 9.59 Å². The van der Waals surface area contributed by atoms with Crippen LogP contribution in [0.4, 0.5) is 4.79 Å². The van der Waals surface area contributed by atoms with Crippen LogP contribution < -0.4 is 5.32 Å². The highest BCUT2D eigenvalue weighted by Crippen LogP contribution is 2.18. The number of hydrogen-bond donors (Lipinski definition) is 3. The molecular weight excluding hydrogens is 240 g/mol. The van der Waals surface area contributed by atoms with E-state index in [2.05, 4.69) is 5.32 Å². The number of β-amino-alcohol motifs (C(OH)–C–C–N with tert-alkyl or cyclic N) is 1. The Kier molecular flexibility index (Phi) is 3.52. The van der Waals surface area contributed by atoms with E-state index < -0.39 is 24.1 Å². The van der Waals surface area contributed by atoms with Crippen molar-refractivity contribution in [3.05, 3.63) is 24.2 Å². The Labute approximate surface area is 103 Å². The monoisotopic (exact) mass is 254 g/mol. The highest BCUT2D eigenvalue weighted by molar-refractivity contribution is 5.83. The first kappa shape index (κ1) is 12.4. The summed E-state index contributed by atoms with van der Waals surface area (Å²) in [6.45, 7) is 0.214. The minimum Gasteiger partial charge on any atom is -0.480 e. The molecule has 0 aromatic carbocycles. The van der Waals surface area contributed by atoms with Gasteiger partial charge in [-0.15, -0.1) is 0 Å². The highest BCUT2D eigenvalue weighted by atomic mass is 16.4. The van der Waals surface area contributed by atoms with E-state index in [1.54, 1.807) is 12.1 Å². The fourth-order valence-corrected chi connectivity index (χ4v) is 1.95. The summed E-state index contributed by atoms with van der Waals surface area (Å²) in [5, 5.41) is 20.9. The van der Waals surface area contributed by atoms with E-state index in [1.807, 2.05) is 0 Å². The fraction of sp³-hybridized carbons (Fsp3) is 0.455. The van der Waals surface area contributed by atoms with Crippen molar-refractivity contribution in [3.8, 4) is 0 Å². The number of aliphatic hydroxyl groups is 1. The average Bonchev–Trinajstić information content (AvgIpc) is 2.94. The van der Waals surface area contributed by atoms with Gasteiger partial charge in [-0.05, 0) is 12.1 Å². The maximum Gasteiger partial charge on any atom is 0.326 e. The molecule has 2 amide bonds. The maximum absolute atomic E-state index is 11.8. The Morgan fingerprint density at radius 1 is 1.56 bits per heavy atom. The summed E-state index contributed by atoms with van der Waals surface area (Å²) in [6, 6.07) is 1.90. The molecule has 2 atom stereocenters. The molecule has 0 saturated carbocycles. The SMILES string of the molecule is O=C(O)[C@@H]1C[C@H](O)CN1C(=O)NCc1ccco1. The van der Waals surface area contributed by atoms with Gasteiger partial charge in [0.2, 0.25) is 0 Å². The van der Waals surface area contributed by atoms with Crippen LogP contribution in [0, 0.1) is 0 Å². The van der Waals surface area contributed by atoms with Crippen molar-refractivity contribution in [2.24, 2.45) is 0 Å². The molecule has 1 fully saturated rings. The van der Waals surface area contributed by atoms with E-state index in [0.29, 0.717) is 5.76 Å². The first-order valence-corrected chi connectivity index (χ1v) is 5.55. The van der Waals surface area contributed by atoms with Crippen LogP contribution in [0.25, 0.3) is 0 Å². The molecule has 18 heavy (non-hydrogen) atoms. The van der Waals surface area contributed by atoms with Crippen molar-refractivity contribution < 1.29 is 24.2 Å². The first-order chi connectivity index (χ1) is 8.58. The maximum atomic E-state index is 11.8. The molecule has 2 rings (SSSR count). The molecule has 1 aromatic rings. The van der Waals surface area contributed by atoms with Crippen LogP contribution in [0.3, 0.4) is 0 Å². The number of nitrogens with one attached hydrogen (secondary N) is 1. The number of aliphatic carboxylic acids is 1. The van der Waals surface area contributed by atoms with Crippen LogP contribution in [0.15, 0.2) is 22.8 Å². The van der Waals surface area contributed by atoms with Crippen LogP contribution in [0.1, 0.15) is 12.2 Å². The van der Waals surface area contributed by atoms with E-state index in [1.165, 1.54) is 6.26 Å². The number of carbonyl (C=O) groups is 2. The zero-order chi connectivity index (χ0) is 13.1. The van der Waals surface area contributed by atoms with Crippen molar-refractivity contribution in [2.45, 2.75) is 25.1 Å². The van der Waals surface area contributed by atoms with Crippen molar-refractivity contribution >= 4 is 12.0 Å². The second kappa shape index (κ2) is 5.09. The Morgan fingerprint density at radius 2 is 2.33 bits per heavy atom. The van der Waals surface area contributed by atoms with Gasteiger partial charge in [-0.2, -0.15) is 0 Å². The Morgan fingerprint density at radius 3 is 2.94 bits per heavy atom. The van der Waals surface area contributed by atoms with Gasteiger partial charge in [0.15, 0.2) is 0 Å². The molecule has 1 aromatic heterocycles. The van der Waals surface area contributed by atoms with Crippen molar-refractivity contribution in [1.29, 1.82) is 0 Å². The van der Waals surface area contributed by atoms with Crippen molar-refractivity contribution in [3.63, 3.8) is 0 Å². The number of rotatable bonds is 3. The van der Waals surface area contributed by atoms with Gasteiger partial charge in [0.1, 0.15) is 11.8 Å². The molecule has 0 unspecified atom stereocenters. The topological polar surface area (TPSA) is 103 Å². The number of carboxylic acid groups (broad SMARTS) is 1. The summed E-state index contributed by atoms with van der Waals surface area (Å²) in [5.41, 5.74) is 0. The van der Waals surface area contributed by atoms with Crippen molar-refractivity contribution in [2.75, 3.05) is 6.54 Å². The number of likely N-dealkylation sites (tertiary alicyclic amines) is 1. The molecule has 0 bridgehead atoms. The fourth-order valence-electron chi connectivity index (χ4n) is 1.95. The van der Waals surface area contributed by atoms with Gasteiger partial charge in [-0.3, -0.25) is 0 Å². The molecule has 1 saturated heterocycles. The standard InChI is InChI=1S/C11H14N2O5/c14-7-4-9(10(15)16)13(6-7)11(17)12-5-8-2-1-3-18-8/h1-3,7,9,14H,4-6H2,(H,12,17)(H,15,16)/t7-,9-/m0/s1. The normalized spacial score (nSPS) is 23.1. The van der Waals surface area contributed by atoms with Gasteiger partial charge in [0, 0.05) is 13.0 Å². The molecule has 0 radical (unpaired) electrons. The smallest absolute Gasteiger partial charge is 0.326 e. The number of carboxylic acids is 1. The molecular formula is C11H14N2O5. The quantitative estimate of drug-likeness (QED) is 0.705. The number of carbonyl (C=O) groups excluding carboxylic acids is 1. The van der Waals surface area contributed by atoms with Gasteiger partial charge < -0.3 is 24.8 Å². The largest absolute Gasteiger partial charge is 0.480 e. The third-order valence-corrected chi connectivity index (χ3v) is 2.82. The summed E-state index contributed by atoms with van der Waals surface area (Å²) >= 11 is 0. The first-order valence-electron chi connectivity index (χ1n) is 5.55. The number of nitrogens with zero attached hydrogens (tertiary/aromatic N) is 1. The Hall–Kier alpha value is -2.02. The molecule has 98 valence electrons. The zero-order valence-corrected chi connectivity index (χ0v) is 9.57. The lowest BCUT2D eigenvalue weighted by Gasteiger charge is -2.21. The predicted octanol–water partition coefficient (Wildman–Crippen LogP) is 0.00900. The number of furan rings is 1. The third-order valence-electron chi connectivity index (χ3n) is 2.82. The van der Waals surface area contributed by atoms with Gasteiger partial charge in [0.05, 0.1) is 18.9 Å². The van der Waals surface area contributed by atoms with Crippen LogP contribution in [-0.2, 0) is 11.3 Å². The number of hydrogen-bond acceptors (Lipinski definition) is 4. The third kappa shape index (κ3) is 2.62. The van der Waals surface area contributed by atoms with Crippen LogP contribution in [0.5, 0.6) is 0 Å². The molecule has 1 aliphatic heterocycles. The minimum atomic E-state index is -1.11. The minimum absolute atomic E-state index is 0.0287. The number of amides is 2. The van der Waals surface area contributed by atoms with Crippen LogP contribution in [-0.4, -0.2) is 45.8 Å². The lowest BCUT2D eigenvalue weighted by molar-refractivity contribution is -0.141. The lowest BCUT2D eigenvalue weighted by Crippen LogP contribution is -2.45. The molecule has 0 spiro atoms. The lowest BCUT2D eigenvalue weighted by atomic mass is 10.2. The van der Waals surface area contributed by atoms with E-state index in [-0.39, 0.29) is 19.5 Å². The average molecular weight is 254 g/mol. The summed E-state index contributed by atoms with van der Waals surface area (Å²) in [6.07, 6.45) is 0.755. The van der Waals surface area contributed by atoms with E-state index in [4.69, 9.17) is 9.52 Å². The van der Waals surface area contributed by atoms with Crippen LogP contribution >= 0.6 is 0 Å². The van der Waals surface area contributed by atoms with Gasteiger partial charge in [-0.1, -0.05) is 0 Å². The number of aliphatic hydroxyl groups excluding tert-OH is 1. The van der Waals surface area contributed by atoms with Crippen LogP contribution in [0.2, 0.25) is 0 Å². The Bertz CT molecular complexity index is 431. The van der Waals surface area contributed by atoms with Gasteiger partial charge >= 0.3 is 12.0 Å². The van der Waals surface area contributed by atoms with E-state index >= 15 is 0 Å². The summed E-state index contributed by atoms with van der Waals surface area (Å²) < 4.78 is 5.04. The molecule has 2 heterocycles. The second-order valence-electron chi connectivity index (χ2n) is 4.13. The van der Waals surface area contributed by atoms with E-state index in [0.717, 1.165) is 4.90 Å². The van der Waals surface area contributed by atoms with Crippen molar-refractivity contribution in [1.82, 2.24) is 10.2 Å². The summed E-state index contributed by atoms with van der Waals surface area (Å²) in [5.74, 6) is -0.533. The summed E-state index contributed by atoms with van der Waals surface area (Å²) in [4.78, 5) is 23.9. The van der Waals surface area contributed by atoms with E-state index in [9.17, 15) is 14.7 Å².